The fraction of sp³-hybridized carbons (Fsp3) is 0.188. The third kappa shape index (κ3) is 3.57. The fourth-order valence-corrected chi connectivity index (χ4v) is 1.77. The maximum absolute atomic E-state index is 12.0. The molecule has 5 heteroatoms. The van der Waals surface area contributed by atoms with Crippen LogP contribution in [0.1, 0.15) is 29.3 Å². The highest BCUT2D eigenvalue weighted by Crippen LogP contribution is 2.12. The number of carbonyl (C=O) groups is 2. The summed E-state index contributed by atoms with van der Waals surface area (Å²) in [4.78, 5) is 33.4. The van der Waals surface area contributed by atoms with E-state index >= 15 is 0 Å². The Morgan fingerprint density at radius 3 is 2.95 bits per heavy atom. The van der Waals surface area contributed by atoms with Crippen LogP contribution in [-0.4, -0.2) is 18.7 Å². The van der Waals surface area contributed by atoms with Gasteiger partial charge in [0.15, 0.2) is 6.29 Å². The Morgan fingerprint density at radius 2 is 2.24 bits per heavy atom. The average Bonchev–Trinajstić information content (AvgIpc) is 2.47. The molecule has 1 heterocycles. The van der Waals surface area contributed by atoms with Gasteiger partial charge in [0.2, 0.25) is 11.3 Å². The Labute approximate surface area is 121 Å². The van der Waals surface area contributed by atoms with Crippen molar-refractivity contribution >= 4 is 23.2 Å². The molecule has 5 nitrogen and oxygen atoms in total. The zero-order chi connectivity index (χ0) is 15.2. The monoisotopic (exact) mass is 283 g/mol. The number of carbonyl (C=O) groups excluding carboxylic acids is 2. The molecule has 0 unspecified atom stereocenters. The number of aldehydes is 1. The van der Waals surface area contributed by atoms with E-state index in [0.29, 0.717) is 35.8 Å². The maximum atomic E-state index is 12.0. The molecule has 0 bridgehead atoms. The van der Waals surface area contributed by atoms with E-state index in [2.05, 4.69) is 17.2 Å². The molecule has 0 aliphatic heterocycles. The van der Waals surface area contributed by atoms with Crippen LogP contribution in [0.25, 0.3) is 11.0 Å². The molecule has 2 rings (SSSR count). The van der Waals surface area contributed by atoms with Crippen LogP contribution in [0.4, 0.5) is 0 Å². The second kappa shape index (κ2) is 6.53. The van der Waals surface area contributed by atoms with Gasteiger partial charge in [-0.05, 0) is 18.2 Å². The molecular weight excluding hydrogens is 270 g/mol. The van der Waals surface area contributed by atoms with Gasteiger partial charge in [-0.15, -0.1) is 0 Å². The van der Waals surface area contributed by atoms with Gasteiger partial charge < -0.3 is 9.73 Å². The number of benzene rings is 1. The highest BCUT2D eigenvalue weighted by atomic mass is 16.3. The molecule has 0 atom stereocenters. The molecule has 0 saturated carbocycles. The third-order valence-electron chi connectivity index (χ3n) is 2.78. The van der Waals surface area contributed by atoms with Gasteiger partial charge in [-0.2, -0.15) is 0 Å². The van der Waals surface area contributed by atoms with Crippen molar-refractivity contribution in [2.45, 2.75) is 13.3 Å². The number of amides is 1. The smallest absolute Gasteiger partial charge is 0.216 e. The molecule has 0 saturated heterocycles. The Morgan fingerprint density at radius 1 is 1.43 bits per heavy atom. The summed E-state index contributed by atoms with van der Waals surface area (Å²) in [6.07, 6.45) is 2.13. The van der Waals surface area contributed by atoms with Crippen molar-refractivity contribution < 1.29 is 14.0 Å². The van der Waals surface area contributed by atoms with Crippen molar-refractivity contribution in [3.05, 3.63) is 45.8 Å². The Balaban J connectivity index is 2.24. The second-order valence-electron chi connectivity index (χ2n) is 4.38. The molecule has 0 spiro atoms. The summed E-state index contributed by atoms with van der Waals surface area (Å²) in [5.74, 6) is 5.71. The lowest BCUT2D eigenvalue weighted by Gasteiger charge is -1.98. The van der Waals surface area contributed by atoms with Gasteiger partial charge in [-0.3, -0.25) is 14.4 Å². The summed E-state index contributed by atoms with van der Waals surface area (Å²) in [6, 6.07) is 4.97. The lowest BCUT2D eigenvalue weighted by Crippen LogP contribution is -2.20. The van der Waals surface area contributed by atoms with Gasteiger partial charge >= 0.3 is 0 Å². The molecule has 0 fully saturated rings. The second-order valence-corrected chi connectivity index (χ2v) is 4.38. The van der Waals surface area contributed by atoms with Gasteiger partial charge in [0, 0.05) is 25.5 Å². The molecule has 106 valence electrons. The normalized spacial score (nSPS) is 9.76. The van der Waals surface area contributed by atoms with Crippen molar-refractivity contribution in [2.75, 3.05) is 6.54 Å². The summed E-state index contributed by atoms with van der Waals surface area (Å²) in [5.41, 5.74) is 0.682. The van der Waals surface area contributed by atoms with Crippen LogP contribution in [0.2, 0.25) is 0 Å². The van der Waals surface area contributed by atoms with Crippen molar-refractivity contribution in [3.63, 3.8) is 0 Å². The number of hydrogen-bond acceptors (Lipinski definition) is 4. The van der Waals surface area contributed by atoms with E-state index in [1.165, 1.54) is 6.92 Å². The molecule has 1 aromatic carbocycles. The molecule has 1 N–H and O–H groups in total. The standard InChI is InChI=1S/C16H13NO4/c1-11(19)17-7-3-2-4-12-5-6-15-14(8-12)16(20)13(9-18)10-21-15/h5-6,8-10H,3,7H2,1H3,(H,17,19). The summed E-state index contributed by atoms with van der Waals surface area (Å²) < 4.78 is 5.21. The van der Waals surface area contributed by atoms with E-state index in [1.807, 2.05) is 0 Å². The lowest BCUT2D eigenvalue weighted by atomic mass is 10.1. The first kappa shape index (κ1) is 14.5. The first-order valence-electron chi connectivity index (χ1n) is 6.36. The number of hydrogen-bond donors (Lipinski definition) is 1. The minimum atomic E-state index is -0.367. The molecule has 0 radical (unpaired) electrons. The molecule has 1 amide bonds. The topological polar surface area (TPSA) is 76.4 Å². The van der Waals surface area contributed by atoms with E-state index in [0.717, 1.165) is 6.26 Å². The lowest BCUT2D eigenvalue weighted by molar-refractivity contribution is -0.118. The van der Waals surface area contributed by atoms with Gasteiger partial charge in [-0.1, -0.05) is 11.8 Å². The van der Waals surface area contributed by atoms with E-state index in [4.69, 9.17) is 4.42 Å². The van der Waals surface area contributed by atoms with Crippen LogP contribution >= 0.6 is 0 Å². The largest absolute Gasteiger partial charge is 0.463 e. The van der Waals surface area contributed by atoms with E-state index in [-0.39, 0.29) is 16.9 Å². The predicted octanol–water partition coefficient (Wildman–Crippen LogP) is 1.48. The van der Waals surface area contributed by atoms with Crippen molar-refractivity contribution in [2.24, 2.45) is 0 Å². The maximum Gasteiger partial charge on any atom is 0.216 e. The SMILES string of the molecule is CC(=O)NCCC#Cc1ccc2occ(C=O)c(=O)c2c1. The van der Waals surface area contributed by atoms with Gasteiger partial charge in [0.25, 0.3) is 0 Å². The highest BCUT2D eigenvalue weighted by Gasteiger charge is 2.06. The van der Waals surface area contributed by atoms with Crippen LogP contribution in [0.5, 0.6) is 0 Å². The summed E-state index contributed by atoms with van der Waals surface area (Å²) in [5, 5.41) is 2.97. The van der Waals surface area contributed by atoms with Crippen LogP contribution < -0.4 is 10.7 Å². The van der Waals surface area contributed by atoms with Crippen molar-refractivity contribution in [3.8, 4) is 11.8 Å². The third-order valence-corrected chi connectivity index (χ3v) is 2.78. The van der Waals surface area contributed by atoms with E-state index in [1.54, 1.807) is 18.2 Å². The Bertz CT molecular complexity index is 808. The number of nitrogens with one attached hydrogen (secondary N) is 1. The zero-order valence-electron chi connectivity index (χ0n) is 11.4. The highest BCUT2D eigenvalue weighted by molar-refractivity contribution is 5.84. The van der Waals surface area contributed by atoms with E-state index < -0.39 is 0 Å². The van der Waals surface area contributed by atoms with Gasteiger partial charge in [0.1, 0.15) is 11.8 Å². The summed E-state index contributed by atoms with van der Waals surface area (Å²) in [7, 11) is 0. The van der Waals surface area contributed by atoms with E-state index in [9.17, 15) is 14.4 Å². The zero-order valence-corrected chi connectivity index (χ0v) is 11.4. The summed E-state index contributed by atoms with van der Waals surface area (Å²) in [6.45, 7) is 1.92. The van der Waals surface area contributed by atoms with Gasteiger partial charge in [-0.25, -0.2) is 0 Å². The van der Waals surface area contributed by atoms with Crippen LogP contribution in [-0.2, 0) is 4.79 Å². The Kier molecular flexibility index (Phi) is 4.52. The van der Waals surface area contributed by atoms with Crippen LogP contribution in [0.3, 0.4) is 0 Å². The first-order valence-corrected chi connectivity index (χ1v) is 6.36. The van der Waals surface area contributed by atoms with Crippen LogP contribution in [0.15, 0.2) is 33.7 Å². The Hall–Kier alpha value is -2.87. The van der Waals surface area contributed by atoms with Crippen LogP contribution in [0, 0.1) is 11.8 Å². The van der Waals surface area contributed by atoms with Crippen molar-refractivity contribution in [1.82, 2.24) is 5.32 Å². The van der Waals surface area contributed by atoms with Gasteiger partial charge in [0.05, 0.1) is 10.9 Å². The number of rotatable bonds is 3. The average molecular weight is 283 g/mol. The molecule has 1 aromatic heterocycles. The molecule has 2 aromatic rings. The quantitative estimate of drug-likeness (QED) is 0.526. The predicted molar refractivity (Wildman–Crippen MR) is 78.1 cm³/mol. The molecular formula is C16H13NO4. The summed E-state index contributed by atoms with van der Waals surface area (Å²) >= 11 is 0. The van der Waals surface area contributed by atoms with Crippen molar-refractivity contribution in [1.29, 1.82) is 0 Å². The molecule has 0 aliphatic carbocycles. The fourth-order valence-electron chi connectivity index (χ4n) is 1.77. The first-order chi connectivity index (χ1) is 10.1. The molecule has 21 heavy (non-hydrogen) atoms. The minimum absolute atomic E-state index is 0.0155. The number of fused-ring (bicyclic) bond motifs is 1. The molecule has 0 aliphatic rings. The minimum Gasteiger partial charge on any atom is -0.463 e.